The predicted octanol–water partition coefficient (Wildman–Crippen LogP) is 2.49. The Morgan fingerprint density at radius 1 is 1.37 bits per heavy atom. The average Bonchev–Trinajstić information content (AvgIpc) is 3.15. The number of rotatable bonds is 9. The van der Waals surface area contributed by atoms with Crippen molar-refractivity contribution >= 4 is 0 Å². The molecule has 0 radical (unpaired) electrons. The zero-order valence-electron chi connectivity index (χ0n) is 12.2. The molecular weight excluding hydrogens is 242 g/mol. The molecule has 19 heavy (non-hydrogen) atoms. The van der Waals surface area contributed by atoms with Crippen LogP contribution in [-0.4, -0.2) is 29.3 Å². The second kappa shape index (κ2) is 7.01. The van der Waals surface area contributed by atoms with Gasteiger partial charge >= 0.3 is 0 Å². The monoisotopic (exact) mass is 267 g/mol. The van der Waals surface area contributed by atoms with Crippen molar-refractivity contribution in [3.8, 4) is 0 Å². The molecular formula is C14H25N3O2. The van der Waals surface area contributed by atoms with Gasteiger partial charge in [-0.2, -0.15) is 4.98 Å². The molecule has 5 heteroatoms. The van der Waals surface area contributed by atoms with Crippen LogP contribution in [0.15, 0.2) is 4.52 Å². The SMILES string of the molecule is CCNC(CC)Cc1nc(C(OCC)C2CC2)no1. The number of nitrogens with zero attached hydrogens (tertiary/aromatic N) is 2. The molecule has 2 atom stereocenters. The summed E-state index contributed by atoms with van der Waals surface area (Å²) in [4.78, 5) is 4.52. The summed E-state index contributed by atoms with van der Waals surface area (Å²) in [5, 5.41) is 7.53. The summed E-state index contributed by atoms with van der Waals surface area (Å²) < 4.78 is 11.1. The van der Waals surface area contributed by atoms with Gasteiger partial charge in [-0.15, -0.1) is 0 Å². The number of nitrogens with one attached hydrogen (secondary N) is 1. The molecule has 5 nitrogen and oxygen atoms in total. The molecule has 0 saturated heterocycles. The summed E-state index contributed by atoms with van der Waals surface area (Å²) in [5.74, 6) is 2.03. The first kappa shape index (κ1) is 14.5. The maximum atomic E-state index is 5.74. The lowest BCUT2D eigenvalue weighted by molar-refractivity contribution is 0.0384. The Kier molecular flexibility index (Phi) is 5.34. The molecule has 1 fully saturated rings. The van der Waals surface area contributed by atoms with E-state index in [2.05, 4.69) is 29.3 Å². The number of hydrogen-bond acceptors (Lipinski definition) is 5. The van der Waals surface area contributed by atoms with Gasteiger partial charge in [0.25, 0.3) is 0 Å². The molecule has 0 spiro atoms. The van der Waals surface area contributed by atoms with Crippen molar-refractivity contribution in [2.45, 2.75) is 58.6 Å². The van der Waals surface area contributed by atoms with Gasteiger partial charge in [0.2, 0.25) is 11.7 Å². The summed E-state index contributed by atoms with van der Waals surface area (Å²) in [6, 6.07) is 0.407. The molecule has 1 heterocycles. The molecule has 2 unspecified atom stereocenters. The number of hydrogen-bond donors (Lipinski definition) is 1. The van der Waals surface area contributed by atoms with Crippen molar-refractivity contribution in [1.29, 1.82) is 0 Å². The molecule has 108 valence electrons. The van der Waals surface area contributed by atoms with Gasteiger partial charge < -0.3 is 14.6 Å². The summed E-state index contributed by atoms with van der Waals surface area (Å²) in [6.07, 6.45) is 4.30. The summed E-state index contributed by atoms with van der Waals surface area (Å²) in [7, 11) is 0. The van der Waals surface area contributed by atoms with E-state index >= 15 is 0 Å². The second-order valence-corrected chi connectivity index (χ2v) is 5.13. The third kappa shape index (κ3) is 4.01. The van der Waals surface area contributed by atoms with Crippen LogP contribution in [-0.2, 0) is 11.2 Å². The zero-order chi connectivity index (χ0) is 13.7. The third-order valence-corrected chi connectivity index (χ3v) is 3.54. The first-order valence-corrected chi connectivity index (χ1v) is 7.45. The smallest absolute Gasteiger partial charge is 0.228 e. The average molecular weight is 267 g/mol. The summed E-state index contributed by atoms with van der Waals surface area (Å²) in [5.41, 5.74) is 0. The minimum Gasteiger partial charge on any atom is -0.370 e. The minimum atomic E-state index is 0.0294. The Labute approximate surface area is 115 Å². The third-order valence-electron chi connectivity index (χ3n) is 3.54. The maximum Gasteiger partial charge on any atom is 0.228 e. The minimum absolute atomic E-state index is 0.0294. The molecule has 1 aromatic heterocycles. The number of aromatic nitrogens is 2. The van der Waals surface area contributed by atoms with Crippen LogP contribution in [0.3, 0.4) is 0 Å². The first-order chi connectivity index (χ1) is 9.28. The lowest BCUT2D eigenvalue weighted by atomic mass is 10.1. The first-order valence-electron chi connectivity index (χ1n) is 7.45. The Bertz CT molecular complexity index is 377. The quantitative estimate of drug-likeness (QED) is 0.745. The fourth-order valence-corrected chi connectivity index (χ4v) is 2.33. The van der Waals surface area contributed by atoms with Crippen LogP contribution >= 0.6 is 0 Å². The van der Waals surface area contributed by atoms with E-state index in [4.69, 9.17) is 9.26 Å². The Morgan fingerprint density at radius 3 is 2.74 bits per heavy atom. The van der Waals surface area contributed by atoms with E-state index in [0.717, 1.165) is 25.2 Å². The molecule has 0 aliphatic heterocycles. The van der Waals surface area contributed by atoms with Gasteiger partial charge in [0.1, 0.15) is 6.10 Å². The summed E-state index contributed by atoms with van der Waals surface area (Å²) in [6.45, 7) is 7.94. The van der Waals surface area contributed by atoms with Gasteiger partial charge in [0.15, 0.2) is 0 Å². The molecule has 0 amide bonds. The fraction of sp³-hybridized carbons (Fsp3) is 0.857. The van der Waals surface area contributed by atoms with E-state index in [1.54, 1.807) is 0 Å². The second-order valence-electron chi connectivity index (χ2n) is 5.13. The van der Waals surface area contributed by atoms with Crippen molar-refractivity contribution in [2.24, 2.45) is 5.92 Å². The van der Waals surface area contributed by atoms with Crippen LogP contribution in [0, 0.1) is 5.92 Å². The van der Waals surface area contributed by atoms with Crippen LogP contribution in [0.25, 0.3) is 0 Å². The highest BCUT2D eigenvalue weighted by atomic mass is 16.5. The molecule has 1 saturated carbocycles. The fourth-order valence-electron chi connectivity index (χ4n) is 2.33. The van der Waals surface area contributed by atoms with E-state index in [1.807, 2.05) is 6.92 Å². The zero-order valence-corrected chi connectivity index (χ0v) is 12.2. The van der Waals surface area contributed by atoms with E-state index < -0.39 is 0 Å². The van der Waals surface area contributed by atoms with Gasteiger partial charge in [0, 0.05) is 19.1 Å². The topological polar surface area (TPSA) is 60.2 Å². The van der Waals surface area contributed by atoms with Crippen molar-refractivity contribution in [3.63, 3.8) is 0 Å². The van der Waals surface area contributed by atoms with Gasteiger partial charge in [-0.1, -0.05) is 19.0 Å². The van der Waals surface area contributed by atoms with Crippen LogP contribution in [0.5, 0.6) is 0 Å². The van der Waals surface area contributed by atoms with E-state index in [-0.39, 0.29) is 6.10 Å². The standard InChI is InChI=1S/C14H25N3O2/c1-4-11(15-5-2)9-12-16-14(17-19-12)13(18-6-3)10-7-8-10/h10-11,13,15H,4-9H2,1-3H3. The van der Waals surface area contributed by atoms with Crippen LogP contribution in [0.4, 0.5) is 0 Å². The van der Waals surface area contributed by atoms with Crippen LogP contribution in [0.1, 0.15) is 57.9 Å². The highest BCUT2D eigenvalue weighted by molar-refractivity contribution is 4.99. The molecule has 1 aliphatic carbocycles. The normalized spacial score (nSPS) is 18.5. The van der Waals surface area contributed by atoms with Crippen LogP contribution < -0.4 is 5.32 Å². The van der Waals surface area contributed by atoms with Gasteiger partial charge in [-0.25, -0.2) is 0 Å². The van der Waals surface area contributed by atoms with Crippen molar-refractivity contribution in [3.05, 3.63) is 11.7 Å². The van der Waals surface area contributed by atoms with Gasteiger partial charge in [0.05, 0.1) is 0 Å². The molecule has 1 aromatic rings. The van der Waals surface area contributed by atoms with Crippen LogP contribution in [0.2, 0.25) is 0 Å². The van der Waals surface area contributed by atoms with Gasteiger partial charge in [-0.3, -0.25) is 0 Å². The van der Waals surface area contributed by atoms with Crippen molar-refractivity contribution in [2.75, 3.05) is 13.2 Å². The van der Waals surface area contributed by atoms with E-state index in [0.29, 0.717) is 24.5 Å². The lowest BCUT2D eigenvalue weighted by Gasteiger charge is -2.13. The molecule has 0 bridgehead atoms. The molecule has 0 aromatic carbocycles. The van der Waals surface area contributed by atoms with E-state index in [9.17, 15) is 0 Å². The lowest BCUT2D eigenvalue weighted by Crippen LogP contribution is -2.30. The number of ether oxygens (including phenoxy) is 1. The largest absolute Gasteiger partial charge is 0.370 e. The molecule has 2 rings (SSSR count). The van der Waals surface area contributed by atoms with Gasteiger partial charge in [-0.05, 0) is 38.6 Å². The highest BCUT2D eigenvalue weighted by Gasteiger charge is 2.36. The predicted molar refractivity (Wildman–Crippen MR) is 72.8 cm³/mol. The Balaban J connectivity index is 1.96. The van der Waals surface area contributed by atoms with Crippen molar-refractivity contribution < 1.29 is 9.26 Å². The summed E-state index contributed by atoms with van der Waals surface area (Å²) >= 11 is 0. The van der Waals surface area contributed by atoms with Crippen molar-refractivity contribution in [1.82, 2.24) is 15.5 Å². The highest BCUT2D eigenvalue weighted by Crippen LogP contribution is 2.42. The molecule has 1 aliphatic rings. The Morgan fingerprint density at radius 2 is 2.16 bits per heavy atom. The maximum absolute atomic E-state index is 5.74. The molecule has 1 N–H and O–H groups in total. The number of likely N-dealkylation sites (N-methyl/N-ethyl adjacent to an activating group) is 1. The Hall–Kier alpha value is -0.940. The van der Waals surface area contributed by atoms with E-state index in [1.165, 1.54) is 12.8 Å².